The van der Waals surface area contributed by atoms with E-state index in [9.17, 15) is 8.42 Å². The molecular weight excluding hydrogens is 190 g/mol. The van der Waals surface area contributed by atoms with Crippen molar-refractivity contribution in [1.29, 1.82) is 0 Å². The second kappa shape index (κ2) is 4.39. The minimum absolute atomic E-state index is 0.321. The Kier molecular flexibility index (Phi) is 3.70. The van der Waals surface area contributed by atoms with E-state index >= 15 is 0 Å². The van der Waals surface area contributed by atoms with Gasteiger partial charge in [-0.15, -0.1) is 0 Å². The van der Waals surface area contributed by atoms with E-state index < -0.39 is 15.3 Å². The predicted octanol–water partition coefficient (Wildman–Crippen LogP) is 0.0867. The molecule has 78 valence electrons. The van der Waals surface area contributed by atoms with Crippen molar-refractivity contribution in [2.24, 2.45) is 5.92 Å². The molecule has 0 spiro atoms. The summed E-state index contributed by atoms with van der Waals surface area (Å²) in [6.45, 7) is 1.69. The molecule has 0 heterocycles. The summed E-state index contributed by atoms with van der Waals surface area (Å²) < 4.78 is 25.1. The van der Waals surface area contributed by atoms with Gasteiger partial charge in [0.2, 0.25) is 10.0 Å². The number of aliphatic hydroxyl groups excluding tert-OH is 1. The van der Waals surface area contributed by atoms with Gasteiger partial charge in [-0.3, -0.25) is 0 Å². The van der Waals surface area contributed by atoms with Gasteiger partial charge in [-0.05, 0) is 19.3 Å². The van der Waals surface area contributed by atoms with Crippen LogP contribution in [0.5, 0.6) is 0 Å². The first kappa shape index (κ1) is 10.9. The smallest absolute Gasteiger partial charge is 0.216 e. The molecule has 1 atom stereocenters. The van der Waals surface area contributed by atoms with Crippen molar-refractivity contribution in [2.75, 3.05) is 13.2 Å². The molecule has 0 bridgehead atoms. The van der Waals surface area contributed by atoms with Gasteiger partial charge in [0, 0.05) is 6.54 Å². The summed E-state index contributed by atoms with van der Waals surface area (Å²) in [4.78, 5) is 0. The second-order valence-electron chi connectivity index (χ2n) is 3.66. The van der Waals surface area contributed by atoms with Gasteiger partial charge in [0.05, 0.1) is 11.9 Å². The number of nitrogens with one attached hydrogen (secondary N) is 1. The van der Waals surface area contributed by atoms with Crippen LogP contribution in [0.2, 0.25) is 0 Å². The summed E-state index contributed by atoms with van der Waals surface area (Å²) in [5.41, 5.74) is 0. The molecule has 5 heteroatoms. The van der Waals surface area contributed by atoms with Crippen LogP contribution < -0.4 is 4.72 Å². The first-order chi connectivity index (χ1) is 6.06. The van der Waals surface area contributed by atoms with E-state index in [1.807, 2.05) is 0 Å². The molecule has 0 radical (unpaired) electrons. The lowest BCUT2D eigenvalue weighted by atomic mass is 10.3. The van der Waals surface area contributed by atoms with Crippen LogP contribution in [0.25, 0.3) is 0 Å². The Morgan fingerprint density at radius 3 is 2.62 bits per heavy atom. The fourth-order valence-electron chi connectivity index (χ4n) is 1.05. The van der Waals surface area contributed by atoms with Crippen LogP contribution in [-0.4, -0.2) is 31.9 Å². The maximum absolute atomic E-state index is 11.3. The lowest BCUT2D eigenvalue weighted by molar-refractivity contribution is 0.294. The van der Waals surface area contributed by atoms with Crippen LogP contribution in [0.15, 0.2) is 0 Å². The maximum Gasteiger partial charge on any atom is 0.216 e. The molecule has 1 saturated carbocycles. The lowest BCUT2D eigenvalue weighted by Gasteiger charge is -2.10. The zero-order valence-electron chi connectivity index (χ0n) is 7.86. The first-order valence-corrected chi connectivity index (χ1v) is 6.20. The van der Waals surface area contributed by atoms with Gasteiger partial charge in [0.25, 0.3) is 0 Å². The Balaban J connectivity index is 2.24. The molecular formula is C8H17NO3S. The van der Waals surface area contributed by atoms with Crippen molar-refractivity contribution in [1.82, 2.24) is 4.72 Å². The Morgan fingerprint density at radius 1 is 1.54 bits per heavy atom. The molecule has 1 rings (SSSR count). The van der Waals surface area contributed by atoms with Crippen LogP contribution in [0.1, 0.15) is 26.2 Å². The van der Waals surface area contributed by atoms with Crippen LogP contribution in [0.4, 0.5) is 0 Å². The maximum atomic E-state index is 11.3. The summed E-state index contributed by atoms with van der Waals surface area (Å²) in [6, 6.07) is 0. The highest BCUT2D eigenvalue weighted by atomic mass is 32.2. The van der Waals surface area contributed by atoms with E-state index in [1.165, 1.54) is 19.8 Å². The average molecular weight is 207 g/mol. The van der Waals surface area contributed by atoms with E-state index in [-0.39, 0.29) is 6.61 Å². The fraction of sp³-hybridized carbons (Fsp3) is 1.00. The molecule has 4 nitrogen and oxygen atoms in total. The van der Waals surface area contributed by atoms with Crippen molar-refractivity contribution in [3.05, 3.63) is 0 Å². The fourth-order valence-corrected chi connectivity index (χ4v) is 1.94. The normalized spacial score (nSPS) is 20.2. The summed E-state index contributed by atoms with van der Waals surface area (Å²) in [5.74, 6) is 0.729. The molecule has 1 aliphatic rings. The summed E-state index contributed by atoms with van der Waals surface area (Å²) in [7, 11) is -3.28. The average Bonchev–Trinajstić information content (AvgIpc) is 2.86. The number of aliphatic hydroxyl groups is 1. The number of hydrogen-bond donors (Lipinski definition) is 2. The third-order valence-electron chi connectivity index (χ3n) is 2.34. The van der Waals surface area contributed by atoms with Crippen molar-refractivity contribution < 1.29 is 13.5 Å². The highest BCUT2D eigenvalue weighted by Gasteiger charge is 2.23. The lowest BCUT2D eigenvalue weighted by Crippen LogP contribution is -2.35. The Morgan fingerprint density at radius 2 is 2.15 bits per heavy atom. The predicted molar refractivity (Wildman–Crippen MR) is 50.8 cm³/mol. The third kappa shape index (κ3) is 3.62. The number of rotatable bonds is 6. The van der Waals surface area contributed by atoms with E-state index in [0.29, 0.717) is 6.54 Å². The van der Waals surface area contributed by atoms with Crippen molar-refractivity contribution in [3.63, 3.8) is 0 Å². The van der Waals surface area contributed by atoms with Crippen LogP contribution in [0.3, 0.4) is 0 Å². The molecule has 1 unspecified atom stereocenters. The quantitative estimate of drug-likeness (QED) is 0.648. The Bertz CT molecular complexity index is 246. The standard InChI is InChI=1S/C8H17NO3S/c1-7(6-10)13(11,12)9-5-4-8-2-3-8/h7-10H,2-6H2,1H3. The van der Waals surface area contributed by atoms with Crippen molar-refractivity contribution in [2.45, 2.75) is 31.4 Å². The molecule has 0 amide bonds. The van der Waals surface area contributed by atoms with Gasteiger partial charge in [-0.2, -0.15) is 0 Å². The molecule has 2 N–H and O–H groups in total. The van der Waals surface area contributed by atoms with Crippen LogP contribution in [-0.2, 0) is 10.0 Å². The van der Waals surface area contributed by atoms with Gasteiger partial charge in [-0.25, -0.2) is 13.1 Å². The van der Waals surface area contributed by atoms with Crippen LogP contribution in [0, 0.1) is 5.92 Å². The second-order valence-corrected chi connectivity index (χ2v) is 5.85. The monoisotopic (exact) mass is 207 g/mol. The minimum Gasteiger partial charge on any atom is -0.395 e. The minimum atomic E-state index is -3.28. The van der Waals surface area contributed by atoms with E-state index in [2.05, 4.69) is 4.72 Å². The third-order valence-corrected chi connectivity index (χ3v) is 4.15. The van der Waals surface area contributed by atoms with Crippen molar-refractivity contribution >= 4 is 10.0 Å². The Labute approximate surface area is 79.4 Å². The molecule has 0 aromatic heterocycles. The summed E-state index contributed by atoms with van der Waals surface area (Å²) in [6.07, 6.45) is 3.39. The van der Waals surface area contributed by atoms with Gasteiger partial charge < -0.3 is 5.11 Å². The summed E-state index contributed by atoms with van der Waals surface area (Å²) >= 11 is 0. The SMILES string of the molecule is CC(CO)S(=O)(=O)NCCC1CC1. The molecule has 0 saturated heterocycles. The zero-order valence-corrected chi connectivity index (χ0v) is 8.68. The van der Waals surface area contributed by atoms with Gasteiger partial charge in [-0.1, -0.05) is 12.8 Å². The molecule has 0 aromatic carbocycles. The van der Waals surface area contributed by atoms with Crippen LogP contribution >= 0.6 is 0 Å². The van der Waals surface area contributed by atoms with Gasteiger partial charge in [0.15, 0.2) is 0 Å². The largest absolute Gasteiger partial charge is 0.395 e. The first-order valence-electron chi connectivity index (χ1n) is 4.65. The Hall–Kier alpha value is -0.130. The topological polar surface area (TPSA) is 66.4 Å². The zero-order chi connectivity index (χ0) is 9.90. The van der Waals surface area contributed by atoms with Gasteiger partial charge in [0.1, 0.15) is 0 Å². The molecule has 0 aromatic rings. The van der Waals surface area contributed by atoms with Gasteiger partial charge >= 0.3 is 0 Å². The molecule has 1 aliphatic carbocycles. The molecule has 0 aliphatic heterocycles. The number of hydrogen-bond acceptors (Lipinski definition) is 3. The molecule has 1 fully saturated rings. The van der Waals surface area contributed by atoms with E-state index in [1.54, 1.807) is 0 Å². The molecule has 13 heavy (non-hydrogen) atoms. The highest BCUT2D eigenvalue weighted by molar-refractivity contribution is 7.90. The summed E-state index contributed by atoms with van der Waals surface area (Å²) in [5, 5.41) is 7.97. The van der Waals surface area contributed by atoms with Crippen molar-refractivity contribution in [3.8, 4) is 0 Å². The number of sulfonamides is 1. The highest BCUT2D eigenvalue weighted by Crippen LogP contribution is 2.31. The van der Waals surface area contributed by atoms with E-state index in [0.717, 1.165) is 12.3 Å². The van der Waals surface area contributed by atoms with E-state index in [4.69, 9.17) is 5.11 Å².